The second-order valence-electron chi connectivity index (χ2n) is 7.71. The van der Waals surface area contributed by atoms with Gasteiger partial charge in [-0.15, -0.1) is 0 Å². The van der Waals surface area contributed by atoms with Gasteiger partial charge in [0.15, 0.2) is 0 Å². The molecule has 136 valence electrons. The van der Waals surface area contributed by atoms with Crippen LogP contribution < -0.4 is 10.5 Å². The molecule has 1 amide bonds. The van der Waals surface area contributed by atoms with Gasteiger partial charge in [0, 0.05) is 17.3 Å². The summed E-state index contributed by atoms with van der Waals surface area (Å²) in [7, 11) is 0. The van der Waals surface area contributed by atoms with Gasteiger partial charge >= 0.3 is 0 Å². The first-order valence-corrected chi connectivity index (χ1v) is 9.57. The van der Waals surface area contributed by atoms with Gasteiger partial charge in [0.05, 0.1) is 0 Å². The van der Waals surface area contributed by atoms with Crippen LogP contribution in [-0.4, -0.2) is 17.0 Å². The highest BCUT2D eigenvalue weighted by molar-refractivity contribution is 5.94. The first kappa shape index (κ1) is 17.1. The Kier molecular flexibility index (Phi) is 4.43. The highest BCUT2D eigenvalue weighted by Crippen LogP contribution is 2.64. The number of aromatic nitrogens is 1. The molecule has 1 aromatic carbocycles. The van der Waals surface area contributed by atoms with Crippen molar-refractivity contribution < 1.29 is 9.53 Å². The number of nitrogens with zero attached hydrogens (tertiary/aromatic N) is 1. The van der Waals surface area contributed by atoms with Crippen molar-refractivity contribution in [1.82, 2.24) is 4.98 Å². The molecule has 1 aromatic heterocycles. The number of benzene rings is 1. The van der Waals surface area contributed by atoms with Gasteiger partial charge in [-0.2, -0.15) is 0 Å². The lowest BCUT2D eigenvalue weighted by atomic mass is 9.84. The number of nitrogens with two attached hydrogens (primary N) is 1. The summed E-state index contributed by atoms with van der Waals surface area (Å²) in [6, 6.07) is 11.8. The van der Waals surface area contributed by atoms with Crippen molar-refractivity contribution in [2.24, 2.45) is 23.5 Å². The summed E-state index contributed by atoms with van der Waals surface area (Å²) >= 11 is 0. The Morgan fingerprint density at radius 3 is 2.62 bits per heavy atom. The third kappa shape index (κ3) is 2.98. The molecule has 2 N–H and O–H groups in total. The molecule has 2 aromatic rings. The molecule has 0 saturated heterocycles. The largest absolute Gasteiger partial charge is 0.474 e. The van der Waals surface area contributed by atoms with Crippen LogP contribution in [0, 0.1) is 24.7 Å². The van der Waals surface area contributed by atoms with E-state index in [-0.39, 0.29) is 12.0 Å². The highest BCUT2D eigenvalue weighted by Gasteiger charge is 2.59. The first-order chi connectivity index (χ1) is 12.6. The van der Waals surface area contributed by atoms with Crippen LogP contribution in [-0.2, 0) is 0 Å². The number of carbonyl (C=O) groups is 1. The predicted molar refractivity (Wildman–Crippen MR) is 101 cm³/mol. The van der Waals surface area contributed by atoms with E-state index in [9.17, 15) is 4.79 Å². The summed E-state index contributed by atoms with van der Waals surface area (Å²) in [5.41, 5.74) is 8.50. The normalized spacial score (nSPS) is 25.5. The van der Waals surface area contributed by atoms with E-state index in [1.54, 1.807) is 6.20 Å². The maximum Gasteiger partial charge on any atom is 0.248 e. The molecule has 4 heteroatoms. The third-order valence-corrected chi connectivity index (χ3v) is 6.24. The van der Waals surface area contributed by atoms with Gasteiger partial charge in [-0.05, 0) is 67.6 Å². The van der Waals surface area contributed by atoms with Crippen LogP contribution in [0.15, 0.2) is 42.6 Å². The Hall–Kier alpha value is -2.36. The minimum absolute atomic E-state index is 0.263. The molecule has 2 fully saturated rings. The van der Waals surface area contributed by atoms with Gasteiger partial charge in [-0.3, -0.25) is 4.79 Å². The van der Waals surface area contributed by atoms with Crippen molar-refractivity contribution in [3.05, 3.63) is 59.3 Å². The zero-order valence-corrected chi connectivity index (χ0v) is 15.4. The second-order valence-corrected chi connectivity index (χ2v) is 7.71. The van der Waals surface area contributed by atoms with E-state index in [4.69, 9.17) is 10.5 Å². The maximum atomic E-state index is 11.8. The Labute approximate surface area is 154 Å². The van der Waals surface area contributed by atoms with E-state index in [1.807, 2.05) is 37.3 Å². The average molecular weight is 350 g/mol. The molecular weight excluding hydrogens is 324 g/mol. The number of aryl methyl sites for hydroxylation is 1. The van der Waals surface area contributed by atoms with Crippen LogP contribution in [0.2, 0.25) is 0 Å². The van der Waals surface area contributed by atoms with Gasteiger partial charge in [0.2, 0.25) is 11.8 Å². The van der Waals surface area contributed by atoms with Gasteiger partial charge in [0.25, 0.3) is 0 Å². The number of fused-ring (bicyclic) bond motifs is 1. The van der Waals surface area contributed by atoms with Crippen LogP contribution in [0.3, 0.4) is 0 Å². The van der Waals surface area contributed by atoms with Gasteiger partial charge in [-0.25, -0.2) is 4.98 Å². The minimum atomic E-state index is -0.323. The van der Waals surface area contributed by atoms with Crippen LogP contribution in [0.4, 0.5) is 0 Å². The smallest absolute Gasteiger partial charge is 0.248 e. The van der Waals surface area contributed by atoms with Gasteiger partial charge < -0.3 is 10.5 Å². The van der Waals surface area contributed by atoms with Crippen molar-refractivity contribution in [2.45, 2.75) is 45.1 Å². The van der Waals surface area contributed by atoms with E-state index >= 15 is 0 Å². The molecule has 26 heavy (non-hydrogen) atoms. The number of amides is 1. The lowest BCUT2D eigenvalue weighted by Gasteiger charge is -2.23. The summed E-state index contributed by atoms with van der Waals surface area (Å²) in [6.45, 7) is 4.25. The fourth-order valence-electron chi connectivity index (χ4n) is 5.03. The average Bonchev–Trinajstić information content (AvgIpc) is 3.11. The summed E-state index contributed by atoms with van der Waals surface area (Å²) in [5, 5.41) is 0. The first-order valence-electron chi connectivity index (χ1n) is 9.57. The number of rotatable bonds is 6. The molecule has 4 nitrogen and oxygen atoms in total. The number of primary amides is 1. The number of carbonyl (C=O) groups excluding carboxylic acids is 1. The molecular formula is C22H26N2O2. The fourth-order valence-corrected chi connectivity index (χ4v) is 5.03. The minimum Gasteiger partial charge on any atom is -0.474 e. The van der Waals surface area contributed by atoms with E-state index in [0.717, 1.165) is 36.3 Å². The SMILES string of the molecule is CC[C@H](c1ccccc1C(N)=O)C1[C@H]2CC(Oc3ncccc3C)C[C@H]12. The highest BCUT2D eigenvalue weighted by atomic mass is 16.5. The van der Waals surface area contributed by atoms with Gasteiger partial charge in [-0.1, -0.05) is 31.2 Å². The Morgan fingerprint density at radius 2 is 1.96 bits per heavy atom. The predicted octanol–water partition coefficient (Wildman–Crippen LogP) is 4.09. The summed E-state index contributed by atoms with van der Waals surface area (Å²) in [5.74, 6) is 2.87. The van der Waals surface area contributed by atoms with Crippen LogP contribution in [0.1, 0.15) is 53.6 Å². The fraction of sp³-hybridized carbons (Fsp3) is 0.455. The van der Waals surface area contributed by atoms with Crippen molar-refractivity contribution in [3.63, 3.8) is 0 Å². The van der Waals surface area contributed by atoms with Crippen molar-refractivity contribution in [3.8, 4) is 5.88 Å². The van der Waals surface area contributed by atoms with E-state index < -0.39 is 0 Å². The van der Waals surface area contributed by atoms with Crippen molar-refractivity contribution in [2.75, 3.05) is 0 Å². The standard InChI is InChI=1S/C22H26N2O2/c1-3-15(16-8-4-5-9-17(16)21(23)25)20-18-11-14(12-19(18)20)26-22-13(2)7-6-10-24-22/h4-10,14-15,18-20H,3,11-12H2,1-2H3,(H2,23,25)/t14?,15-,18+,19+,20?/m1/s1. The zero-order chi connectivity index (χ0) is 18.3. The zero-order valence-electron chi connectivity index (χ0n) is 15.4. The van der Waals surface area contributed by atoms with Gasteiger partial charge in [0.1, 0.15) is 6.10 Å². The Morgan fingerprint density at radius 1 is 1.23 bits per heavy atom. The van der Waals surface area contributed by atoms with Crippen molar-refractivity contribution in [1.29, 1.82) is 0 Å². The molecule has 0 spiro atoms. The molecule has 2 aliphatic carbocycles. The molecule has 0 bridgehead atoms. The molecule has 0 unspecified atom stereocenters. The molecule has 0 radical (unpaired) electrons. The van der Waals surface area contributed by atoms with Crippen molar-refractivity contribution >= 4 is 5.91 Å². The molecule has 4 rings (SSSR count). The third-order valence-electron chi connectivity index (χ3n) is 6.24. The molecule has 2 aliphatic rings. The van der Waals surface area contributed by atoms with Crippen LogP contribution in [0.5, 0.6) is 5.88 Å². The number of hydrogen-bond acceptors (Lipinski definition) is 3. The van der Waals surface area contributed by atoms with Crippen LogP contribution >= 0.6 is 0 Å². The Bertz CT molecular complexity index is 807. The number of hydrogen-bond donors (Lipinski definition) is 1. The topological polar surface area (TPSA) is 65.2 Å². The lowest BCUT2D eigenvalue weighted by molar-refractivity contribution is 0.0998. The molecule has 1 heterocycles. The monoisotopic (exact) mass is 350 g/mol. The quantitative estimate of drug-likeness (QED) is 0.853. The number of pyridine rings is 1. The molecule has 3 atom stereocenters. The van der Waals surface area contributed by atoms with E-state index in [0.29, 0.717) is 29.2 Å². The maximum absolute atomic E-state index is 11.8. The summed E-state index contributed by atoms with van der Waals surface area (Å²) in [4.78, 5) is 16.2. The summed E-state index contributed by atoms with van der Waals surface area (Å²) < 4.78 is 6.15. The Balaban J connectivity index is 1.45. The van der Waals surface area contributed by atoms with E-state index in [1.165, 1.54) is 0 Å². The molecule has 0 aliphatic heterocycles. The van der Waals surface area contributed by atoms with E-state index in [2.05, 4.69) is 18.0 Å². The second kappa shape index (κ2) is 6.75. The molecule has 2 saturated carbocycles. The number of ether oxygens (including phenoxy) is 1. The summed E-state index contributed by atoms with van der Waals surface area (Å²) in [6.07, 6.45) is 5.25. The lowest BCUT2D eigenvalue weighted by Crippen LogP contribution is -2.20. The van der Waals surface area contributed by atoms with Crippen LogP contribution in [0.25, 0.3) is 0 Å².